The number of hydrogen-bond donors (Lipinski definition) is 1. The van der Waals surface area contributed by atoms with Crippen molar-refractivity contribution < 1.29 is 13.6 Å². The Kier molecular flexibility index (Phi) is 5.87. The minimum atomic E-state index is -0.595. The monoisotopic (exact) mass is 442 g/mol. The fourth-order valence-corrected chi connectivity index (χ4v) is 3.78. The summed E-state index contributed by atoms with van der Waals surface area (Å²) in [6.07, 6.45) is 1.71. The van der Waals surface area contributed by atoms with E-state index in [1.54, 1.807) is 6.08 Å². The molecule has 0 atom stereocenters. The highest BCUT2D eigenvalue weighted by Crippen LogP contribution is 2.29. The molecule has 30 heavy (non-hydrogen) atoms. The summed E-state index contributed by atoms with van der Waals surface area (Å²) >= 11 is 6.92. The molecule has 6 nitrogen and oxygen atoms in total. The smallest absolute Gasteiger partial charge is 0.234 e. The van der Waals surface area contributed by atoms with Gasteiger partial charge in [0.2, 0.25) is 11.7 Å². The number of carbonyl (C=O) groups is 1. The Hall–Kier alpha value is -3.10. The van der Waals surface area contributed by atoms with E-state index in [1.807, 2.05) is 34.9 Å². The number of hydrogen-bond acceptors (Lipinski definition) is 5. The molecule has 0 radical (unpaired) electrons. The Labute approximate surface area is 180 Å². The first-order valence-corrected chi connectivity index (χ1v) is 10.3. The number of para-hydroxylation sites is 1. The zero-order valence-electron chi connectivity index (χ0n) is 15.6. The highest BCUT2D eigenvalue weighted by atomic mass is 35.5. The highest BCUT2D eigenvalue weighted by molar-refractivity contribution is 7.99. The first-order valence-electron chi connectivity index (χ1n) is 8.96. The van der Waals surface area contributed by atoms with Crippen LogP contribution in [0, 0.1) is 5.82 Å². The quantitative estimate of drug-likeness (QED) is 0.306. The number of nitrogens with one attached hydrogen (secondary N) is 1. The molecule has 0 unspecified atom stereocenters. The Morgan fingerprint density at radius 2 is 2.10 bits per heavy atom. The van der Waals surface area contributed by atoms with E-state index >= 15 is 0 Å². The molecule has 4 rings (SSSR count). The van der Waals surface area contributed by atoms with Crippen molar-refractivity contribution in [2.75, 3.05) is 11.1 Å². The zero-order valence-corrected chi connectivity index (χ0v) is 17.2. The minimum Gasteiger partial charge on any atom is -0.453 e. The van der Waals surface area contributed by atoms with Crippen molar-refractivity contribution in [3.63, 3.8) is 0 Å². The van der Waals surface area contributed by atoms with Gasteiger partial charge in [0.05, 0.1) is 11.4 Å². The number of halogens is 2. The van der Waals surface area contributed by atoms with Crippen LogP contribution in [0.25, 0.3) is 22.6 Å². The van der Waals surface area contributed by atoms with Gasteiger partial charge in [-0.25, -0.2) is 4.39 Å². The van der Waals surface area contributed by atoms with Gasteiger partial charge in [-0.15, -0.1) is 16.8 Å². The molecule has 2 aromatic carbocycles. The van der Waals surface area contributed by atoms with E-state index in [2.05, 4.69) is 22.1 Å². The summed E-state index contributed by atoms with van der Waals surface area (Å²) in [5.41, 5.74) is 0.819. The molecule has 4 aromatic rings. The number of fused-ring (bicyclic) bond motifs is 1. The lowest BCUT2D eigenvalue weighted by Gasteiger charge is -2.08. The first-order chi connectivity index (χ1) is 14.5. The lowest BCUT2D eigenvalue weighted by Crippen LogP contribution is -2.15. The van der Waals surface area contributed by atoms with Crippen LogP contribution < -0.4 is 5.32 Å². The van der Waals surface area contributed by atoms with Crippen LogP contribution in [0.1, 0.15) is 0 Å². The van der Waals surface area contributed by atoms with E-state index in [1.165, 1.54) is 23.9 Å². The maximum atomic E-state index is 13.9. The fourth-order valence-electron chi connectivity index (χ4n) is 2.87. The maximum absolute atomic E-state index is 13.9. The van der Waals surface area contributed by atoms with Crippen LogP contribution in [0.2, 0.25) is 5.02 Å². The average Bonchev–Trinajstić information content (AvgIpc) is 3.32. The van der Waals surface area contributed by atoms with E-state index in [0.29, 0.717) is 23.3 Å². The standard InChI is InChI=1S/C21H16ClFN4O2S/c1-2-9-27-20(18-10-13-5-3-4-6-17(13)29-18)25-26-21(27)30-12-19(28)24-16-8-7-14(22)11-15(16)23/h2-8,10-11H,1,9,12H2,(H,24,28). The van der Waals surface area contributed by atoms with Crippen molar-refractivity contribution in [3.8, 4) is 11.6 Å². The van der Waals surface area contributed by atoms with Gasteiger partial charge in [0, 0.05) is 17.0 Å². The van der Waals surface area contributed by atoms with Crippen LogP contribution in [0.15, 0.2) is 70.8 Å². The highest BCUT2D eigenvalue weighted by Gasteiger charge is 2.18. The van der Waals surface area contributed by atoms with Crippen LogP contribution >= 0.6 is 23.4 Å². The molecule has 2 heterocycles. The third-order valence-corrected chi connectivity index (χ3v) is 5.41. The van der Waals surface area contributed by atoms with Gasteiger partial charge in [0.1, 0.15) is 11.4 Å². The van der Waals surface area contributed by atoms with Crippen LogP contribution in [0.4, 0.5) is 10.1 Å². The second kappa shape index (κ2) is 8.73. The van der Waals surface area contributed by atoms with Crippen molar-refractivity contribution in [1.29, 1.82) is 0 Å². The van der Waals surface area contributed by atoms with E-state index in [9.17, 15) is 9.18 Å². The number of benzene rings is 2. The lowest BCUT2D eigenvalue weighted by molar-refractivity contribution is -0.113. The second-order valence-electron chi connectivity index (χ2n) is 6.31. The molecule has 152 valence electrons. The summed E-state index contributed by atoms with van der Waals surface area (Å²) in [5, 5.41) is 12.7. The Morgan fingerprint density at radius 3 is 2.87 bits per heavy atom. The fraction of sp³-hybridized carbons (Fsp3) is 0.0952. The molecule has 1 N–H and O–H groups in total. The second-order valence-corrected chi connectivity index (χ2v) is 7.69. The van der Waals surface area contributed by atoms with Gasteiger partial charge >= 0.3 is 0 Å². The van der Waals surface area contributed by atoms with Gasteiger partial charge in [0.25, 0.3) is 0 Å². The number of anilines is 1. The summed E-state index contributed by atoms with van der Waals surface area (Å²) in [6.45, 7) is 4.21. The third-order valence-electron chi connectivity index (χ3n) is 4.21. The average molecular weight is 443 g/mol. The number of amides is 1. The largest absolute Gasteiger partial charge is 0.453 e. The SMILES string of the molecule is C=CCn1c(SCC(=O)Nc2ccc(Cl)cc2F)nnc1-c1cc2ccccc2o1. The molecule has 2 aromatic heterocycles. The minimum absolute atomic E-state index is 0.0253. The van der Waals surface area contributed by atoms with Gasteiger partial charge in [0.15, 0.2) is 10.9 Å². The van der Waals surface area contributed by atoms with E-state index in [0.717, 1.165) is 17.0 Å². The number of nitrogens with zero attached hydrogens (tertiary/aromatic N) is 3. The number of rotatable bonds is 7. The predicted octanol–water partition coefficient (Wildman–Crippen LogP) is 5.40. The summed E-state index contributed by atoms with van der Waals surface area (Å²) in [7, 11) is 0. The molecule has 0 bridgehead atoms. The molecule has 0 aliphatic heterocycles. The molecule has 1 amide bonds. The van der Waals surface area contributed by atoms with Crippen molar-refractivity contribution in [1.82, 2.24) is 14.8 Å². The van der Waals surface area contributed by atoms with Crippen molar-refractivity contribution in [2.45, 2.75) is 11.7 Å². The van der Waals surface area contributed by atoms with Gasteiger partial charge in [-0.3, -0.25) is 9.36 Å². The Bertz CT molecular complexity index is 1200. The number of carbonyl (C=O) groups excluding carboxylic acids is 1. The van der Waals surface area contributed by atoms with Gasteiger partial charge in [-0.2, -0.15) is 0 Å². The summed E-state index contributed by atoms with van der Waals surface area (Å²) in [5.74, 6) is 0.169. The van der Waals surface area contributed by atoms with Gasteiger partial charge in [-0.1, -0.05) is 47.6 Å². The summed E-state index contributed by atoms with van der Waals surface area (Å²) in [4.78, 5) is 12.3. The molecule has 0 saturated heterocycles. The zero-order chi connectivity index (χ0) is 21.1. The molecule has 9 heteroatoms. The normalized spacial score (nSPS) is 11.0. The Morgan fingerprint density at radius 1 is 1.27 bits per heavy atom. The predicted molar refractivity (Wildman–Crippen MR) is 116 cm³/mol. The van der Waals surface area contributed by atoms with Crippen LogP contribution in [-0.4, -0.2) is 26.4 Å². The van der Waals surface area contributed by atoms with E-state index in [-0.39, 0.29) is 22.4 Å². The molecule has 0 aliphatic carbocycles. The number of thioether (sulfide) groups is 1. The van der Waals surface area contributed by atoms with E-state index < -0.39 is 5.82 Å². The maximum Gasteiger partial charge on any atom is 0.234 e. The molecule has 0 fully saturated rings. The summed E-state index contributed by atoms with van der Waals surface area (Å²) in [6, 6.07) is 13.6. The van der Waals surface area contributed by atoms with Gasteiger partial charge < -0.3 is 9.73 Å². The van der Waals surface area contributed by atoms with Crippen molar-refractivity contribution >= 4 is 45.9 Å². The molecule has 0 saturated carbocycles. The van der Waals surface area contributed by atoms with Crippen LogP contribution in [0.5, 0.6) is 0 Å². The van der Waals surface area contributed by atoms with Crippen molar-refractivity contribution in [2.24, 2.45) is 0 Å². The van der Waals surface area contributed by atoms with Gasteiger partial charge in [-0.05, 0) is 30.3 Å². The van der Waals surface area contributed by atoms with E-state index in [4.69, 9.17) is 16.0 Å². The van der Waals surface area contributed by atoms with Crippen LogP contribution in [-0.2, 0) is 11.3 Å². The van der Waals surface area contributed by atoms with Crippen LogP contribution in [0.3, 0.4) is 0 Å². The molecule has 0 aliphatic rings. The Balaban J connectivity index is 1.51. The summed E-state index contributed by atoms with van der Waals surface area (Å²) < 4.78 is 21.6. The topological polar surface area (TPSA) is 73.0 Å². The first kappa shape index (κ1) is 20.2. The molecule has 0 spiro atoms. The molecular formula is C21H16ClFN4O2S. The molecular weight excluding hydrogens is 427 g/mol. The number of aromatic nitrogens is 3. The third kappa shape index (κ3) is 4.24. The number of furan rings is 1. The van der Waals surface area contributed by atoms with Crippen molar-refractivity contribution in [3.05, 3.63) is 72.0 Å². The number of allylic oxidation sites excluding steroid dienone is 1. The lowest BCUT2D eigenvalue weighted by atomic mass is 10.2.